The summed E-state index contributed by atoms with van der Waals surface area (Å²) in [6.07, 6.45) is 15.9. The summed E-state index contributed by atoms with van der Waals surface area (Å²) in [7, 11) is -0.600. The Labute approximate surface area is 274 Å². The molecule has 6 aliphatic rings. The van der Waals surface area contributed by atoms with Gasteiger partial charge in [0.05, 0.1) is 5.56 Å². The maximum Gasteiger partial charge on any atom is 0.335 e. The van der Waals surface area contributed by atoms with Gasteiger partial charge < -0.3 is 15.3 Å². The van der Waals surface area contributed by atoms with Crippen molar-refractivity contribution in [3.8, 4) is 0 Å². The van der Waals surface area contributed by atoms with Crippen molar-refractivity contribution in [2.45, 2.75) is 104 Å². The molecule has 6 unspecified atom stereocenters. The second-order valence-electron chi connectivity index (χ2n) is 17.4. The molecule has 7 rings (SSSR count). The highest BCUT2D eigenvalue weighted by Gasteiger charge is 2.69. The third-order valence-electron chi connectivity index (χ3n) is 15.6. The number of fused-ring (bicyclic) bond motifs is 7. The van der Waals surface area contributed by atoms with Gasteiger partial charge >= 0.3 is 5.97 Å². The number of carboxylic acids is 1. The van der Waals surface area contributed by atoms with E-state index >= 15 is 0 Å². The van der Waals surface area contributed by atoms with E-state index in [2.05, 4.69) is 50.9 Å². The van der Waals surface area contributed by atoms with Crippen LogP contribution in [0.2, 0.25) is 0 Å². The molecule has 4 saturated carbocycles. The highest BCUT2D eigenvalue weighted by atomic mass is 32.2. The van der Waals surface area contributed by atoms with E-state index in [-0.39, 0.29) is 10.8 Å². The SMILES string of the molecule is CC1(C)C(c2ccc(C(=O)O)cc2)=CCC2(C)C1CCC1(C)C2CCC2[C@H]3CCCC3(NCCN3CCS(=O)CC3)CC[C@]21C. The smallest absolute Gasteiger partial charge is 0.335 e. The topological polar surface area (TPSA) is 69.6 Å². The zero-order valence-corrected chi connectivity index (χ0v) is 29.4. The van der Waals surface area contributed by atoms with Crippen LogP contribution >= 0.6 is 0 Å². The van der Waals surface area contributed by atoms with E-state index < -0.39 is 16.8 Å². The van der Waals surface area contributed by atoms with Gasteiger partial charge in [0.15, 0.2) is 0 Å². The van der Waals surface area contributed by atoms with Crippen molar-refractivity contribution in [3.63, 3.8) is 0 Å². The number of aromatic carboxylic acids is 1. The summed E-state index contributed by atoms with van der Waals surface area (Å²) in [6, 6.07) is 7.63. The van der Waals surface area contributed by atoms with Crippen molar-refractivity contribution in [1.82, 2.24) is 10.2 Å². The van der Waals surface area contributed by atoms with E-state index in [9.17, 15) is 14.1 Å². The Morgan fingerprint density at radius 2 is 1.62 bits per heavy atom. The van der Waals surface area contributed by atoms with Gasteiger partial charge in [0.25, 0.3) is 0 Å². The molecule has 1 aliphatic heterocycles. The lowest BCUT2D eigenvalue weighted by molar-refractivity contribution is -0.217. The van der Waals surface area contributed by atoms with Crippen LogP contribution in [-0.4, -0.2) is 63.4 Å². The Balaban J connectivity index is 1.11. The number of hydrogen-bond acceptors (Lipinski definition) is 4. The van der Waals surface area contributed by atoms with Crippen molar-refractivity contribution in [1.29, 1.82) is 0 Å². The Morgan fingerprint density at radius 1 is 0.889 bits per heavy atom. The van der Waals surface area contributed by atoms with Gasteiger partial charge in [0.2, 0.25) is 0 Å². The molecule has 0 bridgehead atoms. The van der Waals surface area contributed by atoms with Gasteiger partial charge in [0.1, 0.15) is 0 Å². The molecule has 5 fully saturated rings. The van der Waals surface area contributed by atoms with Gasteiger partial charge in [-0.2, -0.15) is 0 Å². The number of carboxylic acid groups (broad SMARTS) is 1. The summed E-state index contributed by atoms with van der Waals surface area (Å²) in [5.74, 6) is 3.83. The molecule has 0 spiro atoms. The average Bonchev–Trinajstić information content (AvgIpc) is 3.42. The minimum absolute atomic E-state index is 0.0529. The molecule has 5 nitrogen and oxygen atoms in total. The van der Waals surface area contributed by atoms with Crippen LogP contribution in [0, 0.1) is 45.3 Å². The third-order valence-corrected chi connectivity index (χ3v) is 16.8. The zero-order chi connectivity index (χ0) is 31.8. The Kier molecular flexibility index (Phi) is 8.05. The standard InChI is InChI=1S/C39H58N2O3S/c1-35(2)29(27-8-10-28(11-9-27)34(42)43)14-17-36(3)32(35)15-18-38(5)33(36)13-12-30-31-7-6-16-39(31,20-19-37(30,38)4)40-21-22-41-23-25-45(44)26-24-41/h8-11,14,30-33,40H,6-7,12-13,15-26H2,1-5H3,(H,42,43)/t30?,31-,32?,33?,36?,37-,38?,39?/m1/s1. The quantitative estimate of drug-likeness (QED) is 0.337. The van der Waals surface area contributed by atoms with E-state index in [1.807, 2.05) is 12.1 Å². The third kappa shape index (κ3) is 4.88. The molecule has 1 aromatic carbocycles. The Morgan fingerprint density at radius 3 is 2.33 bits per heavy atom. The largest absolute Gasteiger partial charge is 0.478 e. The molecule has 0 aromatic heterocycles. The maximum absolute atomic E-state index is 11.9. The highest BCUT2D eigenvalue weighted by Crippen LogP contribution is 2.76. The van der Waals surface area contributed by atoms with E-state index in [0.717, 1.165) is 61.9 Å². The fourth-order valence-electron chi connectivity index (χ4n) is 13.1. The van der Waals surface area contributed by atoms with Crippen molar-refractivity contribution >= 4 is 22.3 Å². The number of carbonyl (C=O) groups is 1. The lowest BCUT2D eigenvalue weighted by Crippen LogP contribution is -2.67. The minimum Gasteiger partial charge on any atom is -0.478 e. The van der Waals surface area contributed by atoms with Crippen LogP contribution in [0.4, 0.5) is 0 Å². The van der Waals surface area contributed by atoms with Gasteiger partial charge in [-0.3, -0.25) is 4.21 Å². The number of hydrogen-bond donors (Lipinski definition) is 2. The van der Waals surface area contributed by atoms with Crippen LogP contribution in [0.3, 0.4) is 0 Å². The summed E-state index contributed by atoms with van der Waals surface area (Å²) < 4.78 is 11.9. The molecule has 1 saturated heterocycles. The van der Waals surface area contributed by atoms with E-state index in [1.165, 1.54) is 68.9 Å². The van der Waals surface area contributed by atoms with Gasteiger partial charge in [-0.15, -0.1) is 0 Å². The number of nitrogens with zero attached hydrogens (tertiary/aromatic N) is 1. The molecule has 8 atom stereocenters. The molecule has 248 valence electrons. The van der Waals surface area contributed by atoms with Gasteiger partial charge in [0, 0.05) is 54.0 Å². The monoisotopic (exact) mass is 634 g/mol. The highest BCUT2D eigenvalue weighted by molar-refractivity contribution is 7.85. The molecule has 1 heterocycles. The summed E-state index contributed by atoms with van der Waals surface area (Å²) in [6.45, 7) is 17.3. The second kappa shape index (κ2) is 11.3. The fraction of sp³-hybridized carbons (Fsp3) is 0.769. The lowest BCUT2D eigenvalue weighted by atomic mass is 9.33. The summed E-state index contributed by atoms with van der Waals surface area (Å²) >= 11 is 0. The molecule has 5 aliphatic carbocycles. The first-order chi connectivity index (χ1) is 21.3. The zero-order valence-electron chi connectivity index (χ0n) is 28.6. The number of rotatable bonds is 6. The molecule has 0 radical (unpaired) electrons. The molecular formula is C39H58N2O3S. The normalized spacial score (nSPS) is 43.0. The van der Waals surface area contributed by atoms with E-state index in [0.29, 0.717) is 27.9 Å². The van der Waals surface area contributed by atoms with Crippen LogP contribution < -0.4 is 5.32 Å². The van der Waals surface area contributed by atoms with Crippen LogP contribution in [0.5, 0.6) is 0 Å². The number of nitrogens with one attached hydrogen (secondary N) is 1. The maximum atomic E-state index is 11.9. The van der Waals surface area contributed by atoms with Crippen molar-refractivity contribution in [2.75, 3.05) is 37.7 Å². The first-order valence-corrected chi connectivity index (χ1v) is 19.7. The lowest BCUT2D eigenvalue weighted by Gasteiger charge is -2.72. The number of benzene rings is 1. The average molecular weight is 635 g/mol. The molecule has 45 heavy (non-hydrogen) atoms. The number of allylic oxidation sites excluding steroid dienone is 2. The predicted molar refractivity (Wildman–Crippen MR) is 185 cm³/mol. The van der Waals surface area contributed by atoms with E-state index in [1.54, 1.807) is 12.1 Å². The molecule has 6 heteroatoms. The van der Waals surface area contributed by atoms with Crippen molar-refractivity contribution in [3.05, 3.63) is 41.5 Å². The predicted octanol–water partition coefficient (Wildman–Crippen LogP) is 7.64. The summed E-state index contributed by atoms with van der Waals surface area (Å²) in [4.78, 5) is 14.0. The molecule has 2 N–H and O–H groups in total. The molecular weight excluding hydrogens is 577 g/mol. The van der Waals surface area contributed by atoms with Crippen LogP contribution in [-0.2, 0) is 10.8 Å². The first kappa shape index (κ1) is 32.1. The fourth-order valence-corrected chi connectivity index (χ4v) is 14.3. The van der Waals surface area contributed by atoms with Gasteiger partial charge in [-0.1, -0.05) is 59.2 Å². The second-order valence-corrected chi connectivity index (χ2v) is 19.1. The van der Waals surface area contributed by atoms with Gasteiger partial charge in [-0.05, 0) is 126 Å². The van der Waals surface area contributed by atoms with Crippen molar-refractivity contribution in [2.24, 2.45) is 45.3 Å². The van der Waals surface area contributed by atoms with Crippen LogP contribution in [0.15, 0.2) is 30.3 Å². The molecule has 1 aromatic rings. The Hall–Kier alpha value is -1.50. The van der Waals surface area contributed by atoms with Crippen LogP contribution in [0.25, 0.3) is 5.57 Å². The summed E-state index contributed by atoms with van der Waals surface area (Å²) in [5.41, 5.74) is 4.41. The first-order valence-electron chi connectivity index (χ1n) is 18.2. The molecule has 0 amide bonds. The van der Waals surface area contributed by atoms with Crippen LogP contribution in [0.1, 0.15) is 115 Å². The van der Waals surface area contributed by atoms with E-state index in [4.69, 9.17) is 0 Å². The van der Waals surface area contributed by atoms with Crippen molar-refractivity contribution < 1.29 is 14.1 Å². The minimum atomic E-state index is -0.854. The Bertz CT molecular complexity index is 1360. The summed E-state index contributed by atoms with van der Waals surface area (Å²) in [5, 5.41) is 13.7. The van der Waals surface area contributed by atoms with Gasteiger partial charge in [-0.25, -0.2) is 4.79 Å².